The third kappa shape index (κ3) is 2.63. The molecule has 0 saturated carbocycles. The molecule has 0 aliphatic rings. The van der Waals surface area contributed by atoms with E-state index in [1.54, 1.807) is 6.07 Å². The first-order valence-electron chi connectivity index (χ1n) is 6.75. The Labute approximate surface area is 121 Å². The van der Waals surface area contributed by atoms with Gasteiger partial charge in [-0.15, -0.1) is 0 Å². The average molecular weight is 284 g/mol. The van der Waals surface area contributed by atoms with Crippen LogP contribution in [-0.4, -0.2) is 32.7 Å². The number of H-pyrrole nitrogens is 1. The number of hydrogen-bond donors (Lipinski definition) is 2. The molecule has 21 heavy (non-hydrogen) atoms. The molecule has 3 rings (SSSR count). The Morgan fingerprint density at radius 1 is 1.29 bits per heavy atom. The zero-order valence-electron chi connectivity index (χ0n) is 11.4. The molecule has 2 aromatic heterocycles. The molecule has 0 spiro atoms. The number of fused-ring (bicyclic) bond motifs is 1. The summed E-state index contributed by atoms with van der Waals surface area (Å²) in [7, 11) is 0. The molecule has 0 aliphatic carbocycles. The molecule has 0 saturated heterocycles. The van der Waals surface area contributed by atoms with Crippen molar-refractivity contribution in [2.75, 3.05) is 18.0 Å². The van der Waals surface area contributed by atoms with Crippen molar-refractivity contribution in [3.8, 4) is 0 Å². The van der Waals surface area contributed by atoms with Crippen LogP contribution < -0.4 is 16.3 Å². The highest BCUT2D eigenvalue weighted by Crippen LogP contribution is 2.23. The fourth-order valence-corrected chi connectivity index (χ4v) is 2.18. The Morgan fingerprint density at radius 2 is 2.10 bits per heavy atom. The van der Waals surface area contributed by atoms with Gasteiger partial charge in [-0.05, 0) is 25.1 Å². The van der Waals surface area contributed by atoms with Crippen LogP contribution in [0, 0.1) is 0 Å². The molecular weight excluding hydrogens is 268 g/mol. The minimum absolute atomic E-state index is 0.294. The summed E-state index contributed by atoms with van der Waals surface area (Å²) in [5, 5.41) is 6.37. The van der Waals surface area contributed by atoms with Crippen molar-refractivity contribution in [1.29, 1.82) is 0 Å². The van der Waals surface area contributed by atoms with Gasteiger partial charge in [0.15, 0.2) is 5.65 Å². The fourth-order valence-electron chi connectivity index (χ4n) is 2.18. The number of anilines is 2. The lowest BCUT2D eigenvalue weighted by molar-refractivity contribution is 0.807. The van der Waals surface area contributed by atoms with E-state index in [2.05, 4.69) is 20.1 Å². The first kappa shape index (κ1) is 13.3. The average Bonchev–Trinajstić information content (AvgIpc) is 2.90. The van der Waals surface area contributed by atoms with Crippen molar-refractivity contribution >= 4 is 17.2 Å². The third-order valence-corrected chi connectivity index (χ3v) is 3.23. The lowest BCUT2D eigenvalue weighted by atomic mass is 10.2. The highest BCUT2D eigenvalue weighted by molar-refractivity contribution is 5.62. The van der Waals surface area contributed by atoms with Gasteiger partial charge in [0, 0.05) is 18.3 Å². The van der Waals surface area contributed by atoms with E-state index in [0.29, 0.717) is 12.2 Å². The SMILES string of the molecule is NCCCN(c1ccccc1)c1cc2n[nH]c(=O)n2cn1. The number of para-hydroxylation sites is 1. The molecule has 0 amide bonds. The van der Waals surface area contributed by atoms with Gasteiger partial charge in [0.25, 0.3) is 0 Å². The summed E-state index contributed by atoms with van der Waals surface area (Å²) in [5.41, 5.74) is 6.89. The summed E-state index contributed by atoms with van der Waals surface area (Å²) < 4.78 is 1.37. The Balaban J connectivity index is 2.03. The molecule has 3 N–H and O–H groups in total. The second-order valence-corrected chi connectivity index (χ2v) is 4.63. The maximum absolute atomic E-state index is 11.5. The molecule has 0 radical (unpaired) electrons. The zero-order valence-corrected chi connectivity index (χ0v) is 11.4. The van der Waals surface area contributed by atoms with Crippen molar-refractivity contribution in [2.24, 2.45) is 5.73 Å². The van der Waals surface area contributed by atoms with E-state index in [4.69, 9.17) is 5.73 Å². The Bertz CT molecular complexity index is 779. The minimum Gasteiger partial charge on any atom is -0.330 e. The van der Waals surface area contributed by atoms with E-state index < -0.39 is 0 Å². The molecule has 7 heteroatoms. The molecule has 0 fully saturated rings. The summed E-state index contributed by atoms with van der Waals surface area (Å²) in [6.45, 7) is 1.35. The van der Waals surface area contributed by atoms with Gasteiger partial charge >= 0.3 is 5.69 Å². The first-order valence-corrected chi connectivity index (χ1v) is 6.75. The van der Waals surface area contributed by atoms with E-state index in [9.17, 15) is 4.79 Å². The Hall–Kier alpha value is -2.67. The van der Waals surface area contributed by atoms with Crippen molar-refractivity contribution in [3.05, 3.63) is 53.2 Å². The van der Waals surface area contributed by atoms with Crippen LogP contribution in [0.25, 0.3) is 5.65 Å². The molecule has 7 nitrogen and oxygen atoms in total. The van der Waals surface area contributed by atoms with Gasteiger partial charge in [0.2, 0.25) is 0 Å². The molecule has 108 valence electrons. The van der Waals surface area contributed by atoms with Crippen LogP contribution in [0.4, 0.5) is 11.5 Å². The van der Waals surface area contributed by atoms with Gasteiger partial charge < -0.3 is 10.6 Å². The lowest BCUT2D eigenvalue weighted by Gasteiger charge is -2.23. The van der Waals surface area contributed by atoms with Crippen LogP contribution in [0.1, 0.15) is 6.42 Å². The predicted octanol–water partition coefficient (Wildman–Crippen LogP) is 0.904. The monoisotopic (exact) mass is 284 g/mol. The van der Waals surface area contributed by atoms with Crippen LogP contribution in [0.5, 0.6) is 0 Å². The van der Waals surface area contributed by atoms with Gasteiger partial charge in [-0.3, -0.25) is 0 Å². The van der Waals surface area contributed by atoms with Gasteiger partial charge in [0.05, 0.1) is 0 Å². The van der Waals surface area contributed by atoms with E-state index in [-0.39, 0.29) is 5.69 Å². The maximum atomic E-state index is 11.5. The smallest absolute Gasteiger partial charge is 0.330 e. The quantitative estimate of drug-likeness (QED) is 0.726. The van der Waals surface area contributed by atoms with Crippen LogP contribution in [0.15, 0.2) is 47.5 Å². The number of aromatic amines is 1. The molecule has 2 heterocycles. The number of benzene rings is 1. The highest BCUT2D eigenvalue weighted by Gasteiger charge is 2.12. The largest absolute Gasteiger partial charge is 0.348 e. The van der Waals surface area contributed by atoms with Gasteiger partial charge in [-0.25, -0.2) is 19.3 Å². The fraction of sp³-hybridized carbons (Fsp3) is 0.214. The summed E-state index contributed by atoms with van der Waals surface area (Å²) in [5.74, 6) is 0.737. The lowest BCUT2D eigenvalue weighted by Crippen LogP contribution is -2.22. The van der Waals surface area contributed by atoms with E-state index in [1.807, 2.05) is 30.3 Å². The molecule has 0 atom stereocenters. The number of hydrogen-bond acceptors (Lipinski definition) is 5. The molecule has 1 aromatic carbocycles. The standard InChI is InChI=1S/C14H16N6O/c15-7-4-8-19(11-5-2-1-3-6-11)12-9-13-17-18-14(21)20(13)10-16-12/h1-3,5-6,9-10H,4,7-8,15H2,(H,18,21). The third-order valence-electron chi connectivity index (χ3n) is 3.23. The van der Waals surface area contributed by atoms with Gasteiger partial charge in [-0.2, -0.15) is 5.10 Å². The second kappa shape index (κ2) is 5.76. The Morgan fingerprint density at radius 3 is 2.86 bits per heavy atom. The van der Waals surface area contributed by atoms with Crippen LogP contribution in [-0.2, 0) is 0 Å². The number of aromatic nitrogens is 4. The maximum Gasteiger partial charge on any atom is 0.348 e. The number of nitrogens with zero attached hydrogens (tertiary/aromatic N) is 4. The summed E-state index contributed by atoms with van der Waals surface area (Å²) in [6, 6.07) is 11.7. The number of nitrogens with two attached hydrogens (primary N) is 1. The normalized spacial score (nSPS) is 10.9. The van der Waals surface area contributed by atoms with Crippen molar-refractivity contribution in [2.45, 2.75) is 6.42 Å². The molecule has 3 aromatic rings. The van der Waals surface area contributed by atoms with Crippen LogP contribution in [0.3, 0.4) is 0 Å². The van der Waals surface area contributed by atoms with Crippen LogP contribution in [0.2, 0.25) is 0 Å². The number of nitrogens with one attached hydrogen (secondary N) is 1. The highest BCUT2D eigenvalue weighted by atomic mass is 16.1. The topological polar surface area (TPSA) is 92.3 Å². The van der Waals surface area contributed by atoms with E-state index in [1.165, 1.54) is 10.7 Å². The minimum atomic E-state index is -0.294. The van der Waals surface area contributed by atoms with E-state index in [0.717, 1.165) is 24.5 Å². The second-order valence-electron chi connectivity index (χ2n) is 4.63. The van der Waals surface area contributed by atoms with Gasteiger partial charge in [0.1, 0.15) is 12.1 Å². The predicted molar refractivity (Wildman–Crippen MR) is 80.7 cm³/mol. The summed E-state index contributed by atoms with van der Waals surface area (Å²) >= 11 is 0. The van der Waals surface area contributed by atoms with Gasteiger partial charge in [-0.1, -0.05) is 18.2 Å². The van der Waals surface area contributed by atoms with Crippen molar-refractivity contribution in [3.63, 3.8) is 0 Å². The van der Waals surface area contributed by atoms with Crippen molar-refractivity contribution < 1.29 is 0 Å². The Kier molecular flexibility index (Phi) is 3.65. The molecule has 0 aliphatic heterocycles. The van der Waals surface area contributed by atoms with Crippen molar-refractivity contribution in [1.82, 2.24) is 19.6 Å². The molecule has 0 unspecified atom stereocenters. The summed E-state index contributed by atoms with van der Waals surface area (Å²) in [6.07, 6.45) is 2.32. The van der Waals surface area contributed by atoms with E-state index >= 15 is 0 Å². The molecular formula is C14H16N6O. The summed E-state index contributed by atoms with van der Waals surface area (Å²) in [4.78, 5) is 17.9. The molecule has 0 bridgehead atoms. The number of rotatable bonds is 5. The first-order chi connectivity index (χ1) is 10.3. The van der Waals surface area contributed by atoms with Crippen LogP contribution >= 0.6 is 0 Å². The zero-order chi connectivity index (χ0) is 14.7.